The second-order valence-electron chi connectivity index (χ2n) is 8.43. The lowest BCUT2D eigenvalue weighted by Crippen LogP contribution is -2.32. The third-order valence-corrected chi connectivity index (χ3v) is 8.96. The summed E-state index contributed by atoms with van der Waals surface area (Å²) in [7, 11) is -2.21. The lowest BCUT2D eigenvalue weighted by molar-refractivity contribution is 0.102. The smallest absolute Gasteiger partial charge is 0.259 e. The van der Waals surface area contributed by atoms with Gasteiger partial charge in [0.2, 0.25) is 10.0 Å². The number of carbonyl (C=O) groups excluding carboxylic acids is 1. The minimum atomic E-state index is -3.68. The number of rotatable bonds is 8. The van der Waals surface area contributed by atoms with E-state index in [2.05, 4.69) is 17.4 Å². The van der Waals surface area contributed by atoms with E-state index in [1.54, 1.807) is 17.8 Å². The number of sulfonamides is 1. The van der Waals surface area contributed by atoms with E-state index in [9.17, 15) is 13.2 Å². The van der Waals surface area contributed by atoms with E-state index in [0.29, 0.717) is 24.5 Å². The van der Waals surface area contributed by atoms with Crippen LogP contribution in [0.1, 0.15) is 41.6 Å². The van der Waals surface area contributed by atoms with Gasteiger partial charge in [-0.3, -0.25) is 4.79 Å². The van der Waals surface area contributed by atoms with Crippen molar-refractivity contribution < 1.29 is 17.9 Å². The molecular formula is C27H30N2O4S2. The van der Waals surface area contributed by atoms with Crippen molar-refractivity contribution in [3.63, 3.8) is 0 Å². The molecule has 1 heterocycles. The molecule has 3 aromatic rings. The van der Waals surface area contributed by atoms with E-state index in [4.69, 9.17) is 4.74 Å². The third-order valence-electron chi connectivity index (χ3n) is 5.98. The fourth-order valence-electron chi connectivity index (χ4n) is 4.02. The monoisotopic (exact) mass is 510 g/mol. The van der Waals surface area contributed by atoms with Crippen molar-refractivity contribution in [2.45, 2.75) is 41.2 Å². The molecule has 1 amide bonds. The summed E-state index contributed by atoms with van der Waals surface area (Å²) in [5, 5.41) is 2.87. The Bertz CT molecular complexity index is 1240. The van der Waals surface area contributed by atoms with Crippen molar-refractivity contribution in [2.24, 2.45) is 0 Å². The molecule has 184 valence electrons. The Morgan fingerprint density at radius 2 is 1.63 bits per heavy atom. The molecule has 1 fully saturated rings. The van der Waals surface area contributed by atoms with Crippen LogP contribution >= 0.6 is 11.8 Å². The van der Waals surface area contributed by atoms with Gasteiger partial charge in [-0.05, 0) is 60.9 Å². The summed E-state index contributed by atoms with van der Waals surface area (Å²) < 4.78 is 33.3. The molecule has 0 unspecified atom stereocenters. The molecule has 1 aliphatic rings. The van der Waals surface area contributed by atoms with Gasteiger partial charge >= 0.3 is 0 Å². The second-order valence-corrected chi connectivity index (χ2v) is 11.4. The maximum atomic E-state index is 13.2. The van der Waals surface area contributed by atoms with E-state index in [1.807, 2.05) is 42.5 Å². The normalized spacial score (nSPS) is 14.8. The predicted molar refractivity (Wildman–Crippen MR) is 141 cm³/mol. The van der Waals surface area contributed by atoms with Crippen molar-refractivity contribution >= 4 is 33.4 Å². The average molecular weight is 511 g/mol. The summed E-state index contributed by atoms with van der Waals surface area (Å²) in [5.74, 6) is 0.733. The van der Waals surface area contributed by atoms with Crippen molar-refractivity contribution in [2.75, 3.05) is 25.5 Å². The van der Waals surface area contributed by atoms with Gasteiger partial charge in [0, 0.05) is 29.4 Å². The standard InChI is InChI=1S/C27H30N2O4S2/c1-33-26-16-15-24(35(31,32)29-17-7-2-3-8-18-29)19-25(26)27(30)28-22-13-11-21(12-14-22)20-34-23-9-5-4-6-10-23/h4-6,9-16,19H,2-3,7-8,17-18,20H2,1H3,(H,28,30). The first-order valence-corrected chi connectivity index (χ1v) is 14.2. The van der Waals surface area contributed by atoms with E-state index in [0.717, 1.165) is 37.0 Å². The Balaban J connectivity index is 1.47. The SMILES string of the molecule is COc1ccc(S(=O)(=O)N2CCCCCC2)cc1C(=O)Nc1ccc(CSc2ccccc2)cc1. The summed E-state index contributed by atoms with van der Waals surface area (Å²) in [5.41, 5.74) is 1.96. The first-order valence-electron chi connectivity index (χ1n) is 11.7. The minimum absolute atomic E-state index is 0.110. The Labute approximate surface area is 211 Å². The molecule has 0 radical (unpaired) electrons. The zero-order chi connectivity index (χ0) is 24.7. The molecule has 1 aliphatic heterocycles. The van der Waals surface area contributed by atoms with E-state index >= 15 is 0 Å². The van der Waals surface area contributed by atoms with Gasteiger partial charge in [-0.15, -0.1) is 11.8 Å². The molecule has 0 atom stereocenters. The first kappa shape index (κ1) is 25.3. The van der Waals surface area contributed by atoms with Crippen LogP contribution in [0.15, 0.2) is 82.6 Å². The largest absolute Gasteiger partial charge is 0.496 e. The number of benzene rings is 3. The molecule has 0 aliphatic carbocycles. The minimum Gasteiger partial charge on any atom is -0.496 e. The fourth-order valence-corrected chi connectivity index (χ4v) is 6.44. The first-order chi connectivity index (χ1) is 17.0. The molecule has 0 bridgehead atoms. The summed E-state index contributed by atoms with van der Waals surface area (Å²) >= 11 is 1.75. The molecule has 0 saturated carbocycles. The number of nitrogens with zero attached hydrogens (tertiary/aromatic N) is 1. The van der Waals surface area contributed by atoms with Crippen LogP contribution in [0.5, 0.6) is 5.75 Å². The molecule has 35 heavy (non-hydrogen) atoms. The van der Waals surface area contributed by atoms with E-state index in [1.165, 1.54) is 28.4 Å². The number of ether oxygens (including phenoxy) is 1. The van der Waals surface area contributed by atoms with E-state index in [-0.39, 0.29) is 10.5 Å². The highest BCUT2D eigenvalue weighted by Crippen LogP contribution is 2.28. The van der Waals surface area contributed by atoms with Crippen LogP contribution in [0.4, 0.5) is 5.69 Å². The molecular weight excluding hydrogens is 480 g/mol. The molecule has 4 rings (SSSR count). The van der Waals surface area contributed by atoms with Gasteiger partial charge < -0.3 is 10.1 Å². The lowest BCUT2D eigenvalue weighted by Gasteiger charge is -2.20. The van der Waals surface area contributed by atoms with Gasteiger partial charge in [0.1, 0.15) is 5.75 Å². The number of amides is 1. The van der Waals surface area contributed by atoms with Gasteiger partial charge in [0.15, 0.2) is 0 Å². The van der Waals surface area contributed by atoms with Crippen LogP contribution < -0.4 is 10.1 Å². The maximum absolute atomic E-state index is 13.2. The fraction of sp³-hybridized carbons (Fsp3) is 0.296. The molecule has 3 aromatic carbocycles. The van der Waals surface area contributed by atoms with Crippen LogP contribution in [0, 0.1) is 0 Å². The molecule has 0 spiro atoms. The molecule has 1 saturated heterocycles. The number of thioether (sulfide) groups is 1. The van der Waals surface area contributed by atoms with Crippen LogP contribution in [0.3, 0.4) is 0 Å². The van der Waals surface area contributed by atoms with Gasteiger partial charge in [0.05, 0.1) is 17.6 Å². The Kier molecular flexibility index (Phi) is 8.49. The van der Waals surface area contributed by atoms with Crippen LogP contribution in [-0.2, 0) is 15.8 Å². The van der Waals surface area contributed by atoms with Crippen molar-refractivity contribution in [1.82, 2.24) is 4.31 Å². The van der Waals surface area contributed by atoms with Crippen LogP contribution in [0.2, 0.25) is 0 Å². The lowest BCUT2D eigenvalue weighted by atomic mass is 10.1. The van der Waals surface area contributed by atoms with Crippen molar-refractivity contribution in [1.29, 1.82) is 0 Å². The van der Waals surface area contributed by atoms with Gasteiger partial charge in [-0.2, -0.15) is 4.31 Å². The zero-order valence-electron chi connectivity index (χ0n) is 19.8. The number of carbonyl (C=O) groups is 1. The van der Waals surface area contributed by atoms with Crippen molar-refractivity contribution in [3.05, 3.63) is 83.9 Å². The highest BCUT2D eigenvalue weighted by Gasteiger charge is 2.27. The average Bonchev–Trinajstić information content (AvgIpc) is 3.19. The molecule has 1 N–H and O–H groups in total. The summed E-state index contributed by atoms with van der Waals surface area (Å²) in [6, 6.07) is 22.3. The maximum Gasteiger partial charge on any atom is 0.259 e. The number of anilines is 1. The van der Waals surface area contributed by atoms with Crippen molar-refractivity contribution in [3.8, 4) is 5.75 Å². The molecule has 0 aromatic heterocycles. The Morgan fingerprint density at radius 1 is 0.943 bits per heavy atom. The highest BCUT2D eigenvalue weighted by molar-refractivity contribution is 7.98. The Hall–Kier alpha value is -2.81. The topological polar surface area (TPSA) is 75.7 Å². The number of nitrogens with one attached hydrogen (secondary N) is 1. The molecule has 6 nitrogen and oxygen atoms in total. The number of hydrogen-bond donors (Lipinski definition) is 1. The van der Waals surface area contributed by atoms with E-state index < -0.39 is 15.9 Å². The Morgan fingerprint density at radius 3 is 2.29 bits per heavy atom. The summed E-state index contributed by atoms with van der Waals surface area (Å²) in [4.78, 5) is 14.4. The molecule has 8 heteroatoms. The number of methoxy groups -OCH3 is 1. The summed E-state index contributed by atoms with van der Waals surface area (Å²) in [6.45, 7) is 1.01. The van der Waals surface area contributed by atoms with Crippen LogP contribution in [-0.4, -0.2) is 38.8 Å². The zero-order valence-corrected chi connectivity index (χ0v) is 21.4. The third kappa shape index (κ3) is 6.45. The van der Waals surface area contributed by atoms with Gasteiger partial charge in [-0.1, -0.05) is 43.2 Å². The van der Waals surface area contributed by atoms with Gasteiger partial charge in [-0.25, -0.2) is 8.42 Å². The summed E-state index contributed by atoms with van der Waals surface area (Å²) in [6.07, 6.45) is 3.77. The highest BCUT2D eigenvalue weighted by atomic mass is 32.2. The number of hydrogen-bond acceptors (Lipinski definition) is 5. The van der Waals surface area contributed by atoms with Gasteiger partial charge in [0.25, 0.3) is 5.91 Å². The quantitative estimate of drug-likeness (QED) is 0.388. The van der Waals surface area contributed by atoms with Crippen LogP contribution in [0.25, 0.3) is 0 Å². The predicted octanol–water partition coefficient (Wildman–Crippen LogP) is 5.80. The second kappa shape index (κ2) is 11.7.